The van der Waals surface area contributed by atoms with Crippen LogP contribution < -0.4 is 10.1 Å². The maximum atomic E-state index is 13.8. The van der Waals surface area contributed by atoms with Gasteiger partial charge in [0.05, 0.1) is 12.7 Å². The van der Waals surface area contributed by atoms with E-state index in [1.807, 2.05) is 0 Å². The number of carbonyl (C=O) groups excluding carboxylic acids is 1. The van der Waals surface area contributed by atoms with Crippen LogP contribution in [0.3, 0.4) is 0 Å². The number of carbonyl (C=O) groups is 1. The van der Waals surface area contributed by atoms with Crippen molar-refractivity contribution in [2.45, 2.75) is 39.0 Å². The number of methoxy groups -OCH3 is 1. The van der Waals surface area contributed by atoms with Gasteiger partial charge >= 0.3 is 0 Å². The molecule has 0 aliphatic heterocycles. The summed E-state index contributed by atoms with van der Waals surface area (Å²) in [5.41, 5.74) is 0.224. The second kappa shape index (κ2) is 6.25. The summed E-state index contributed by atoms with van der Waals surface area (Å²) in [4.78, 5) is 12.1. The second-order valence-corrected chi connectivity index (χ2v) is 5.90. The molecule has 1 aliphatic carbocycles. The lowest BCUT2D eigenvalue weighted by molar-refractivity contribution is 0.0915. The van der Waals surface area contributed by atoms with Gasteiger partial charge in [0, 0.05) is 12.6 Å². The van der Waals surface area contributed by atoms with Gasteiger partial charge in [-0.15, -0.1) is 0 Å². The Morgan fingerprint density at radius 1 is 1.35 bits per heavy atom. The molecule has 1 aromatic rings. The van der Waals surface area contributed by atoms with E-state index in [2.05, 4.69) is 12.2 Å². The van der Waals surface area contributed by atoms with Crippen molar-refractivity contribution in [2.75, 3.05) is 13.7 Å². The van der Waals surface area contributed by atoms with Gasteiger partial charge in [-0.1, -0.05) is 26.2 Å². The first-order valence-electron chi connectivity index (χ1n) is 7.16. The van der Waals surface area contributed by atoms with Crippen molar-refractivity contribution in [1.82, 2.24) is 5.32 Å². The summed E-state index contributed by atoms with van der Waals surface area (Å²) in [5, 5.41) is 2.87. The molecule has 0 atom stereocenters. The van der Waals surface area contributed by atoms with Gasteiger partial charge in [0.15, 0.2) is 0 Å². The van der Waals surface area contributed by atoms with Crippen molar-refractivity contribution in [3.05, 3.63) is 29.6 Å². The summed E-state index contributed by atoms with van der Waals surface area (Å²) in [5.74, 6) is -0.481. The number of hydrogen-bond acceptors (Lipinski definition) is 2. The van der Waals surface area contributed by atoms with E-state index in [0.29, 0.717) is 12.3 Å². The van der Waals surface area contributed by atoms with Crippen LogP contribution in [0.1, 0.15) is 49.4 Å². The molecule has 0 unspecified atom stereocenters. The van der Waals surface area contributed by atoms with Crippen molar-refractivity contribution in [3.8, 4) is 5.75 Å². The minimum Gasteiger partial charge on any atom is -0.497 e. The summed E-state index contributed by atoms with van der Waals surface area (Å²) in [6.45, 7) is 2.80. The van der Waals surface area contributed by atoms with Gasteiger partial charge < -0.3 is 10.1 Å². The molecule has 0 spiro atoms. The molecular weight excluding hydrogens is 257 g/mol. The van der Waals surface area contributed by atoms with Crippen LogP contribution >= 0.6 is 0 Å². The van der Waals surface area contributed by atoms with Crippen LogP contribution in [0.25, 0.3) is 0 Å². The Kier molecular flexibility index (Phi) is 4.63. The number of amides is 1. The first kappa shape index (κ1) is 14.8. The predicted octanol–water partition coefficient (Wildman–Crippen LogP) is 3.53. The zero-order valence-electron chi connectivity index (χ0n) is 12.2. The normalized spacial score (nSPS) is 17.6. The molecule has 1 aliphatic rings. The minimum absolute atomic E-state index is 0.0743. The smallest absolute Gasteiger partial charge is 0.254 e. The van der Waals surface area contributed by atoms with Gasteiger partial charge in [0.1, 0.15) is 11.6 Å². The zero-order valence-corrected chi connectivity index (χ0v) is 12.2. The van der Waals surface area contributed by atoms with Crippen molar-refractivity contribution in [3.63, 3.8) is 0 Å². The van der Waals surface area contributed by atoms with Crippen LogP contribution in [0.15, 0.2) is 18.2 Å². The number of hydrogen-bond donors (Lipinski definition) is 1. The zero-order chi connectivity index (χ0) is 14.6. The first-order chi connectivity index (χ1) is 9.54. The molecule has 4 heteroatoms. The van der Waals surface area contributed by atoms with E-state index < -0.39 is 5.82 Å². The molecule has 1 fully saturated rings. The monoisotopic (exact) mass is 279 g/mol. The molecule has 0 heterocycles. The Bertz CT molecular complexity index is 481. The number of ether oxygens (including phenoxy) is 1. The molecule has 1 aromatic carbocycles. The highest BCUT2D eigenvalue weighted by Crippen LogP contribution is 2.35. The van der Waals surface area contributed by atoms with Gasteiger partial charge in [-0.3, -0.25) is 4.79 Å². The van der Waals surface area contributed by atoms with Crippen molar-refractivity contribution in [1.29, 1.82) is 0 Å². The van der Waals surface area contributed by atoms with E-state index in [0.717, 1.165) is 12.8 Å². The Morgan fingerprint density at radius 3 is 2.65 bits per heavy atom. The highest BCUT2D eigenvalue weighted by atomic mass is 19.1. The summed E-state index contributed by atoms with van der Waals surface area (Å²) >= 11 is 0. The van der Waals surface area contributed by atoms with Gasteiger partial charge in [0.25, 0.3) is 5.91 Å². The van der Waals surface area contributed by atoms with E-state index in [9.17, 15) is 9.18 Å². The third kappa shape index (κ3) is 3.50. The quantitative estimate of drug-likeness (QED) is 0.915. The van der Waals surface area contributed by atoms with Crippen molar-refractivity contribution in [2.24, 2.45) is 5.41 Å². The van der Waals surface area contributed by atoms with Crippen LogP contribution in [-0.2, 0) is 0 Å². The summed E-state index contributed by atoms with van der Waals surface area (Å²) in [6.07, 6.45) is 5.94. The lowest BCUT2D eigenvalue weighted by Crippen LogP contribution is -2.37. The second-order valence-electron chi connectivity index (χ2n) is 5.90. The fourth-order valence-corrected chi connectivity index (χ4v) is 2.78. The largest absolute Gasteiger partial charge is 0.497 e. The average molecular weight is 279 g/mol. The van der Waals surface area contributed by atoms with E-state index in [1.54, 1.807) is 6.07 Å². The third-order valence-electron chi connectivity index (χ3n) is 4.16. The van der Waals surface area contributed by atoms with Gasteiger partial charge in [-0.25, -0.2) is 4.39 Å². The van der Waals surface area contributed by atoms with Crippen LogP contribution in [0, 0.1) is 11.2 Å². The average Bonchev–Trinajstić information content (AvgIpc) is 2.45. The lowest BCUT2D eigenvalue weighted by Gasteiger charge is -2.33. The number of nitrogens with one attached hydrogen (secondary N) is 1. The Labute approximate surface area is 119 Å². The van der Waals surface area contributed by atoms with Crippen LogP contribution in [0.4, 0.5) is 4.39 Å². The number of rotatable bonds is 4. The molecule has 110 valence electrons. The van der Waals surface area contributed by atoms with E-state index in [1.165, 1.54) is 38.5 Å². The molecular formula is C16H22FNO2. The molecule has 1 saturated carbocycles. The van der Waals surface area contributed by atoms with E-state index >= 15 is 0 Å². The Hall–Kier alpha value is -1.58. The fraction of sp³-hybridized carbons (Fsp3) is 0.562. The summed E-state index contributed by atoms with van der Waals surface area (Å²) in [6, 6.07) is 4.30. The standard InChI is InChI=1S/C16H22FNO2/c1-16(8-4-3-5-9-16)11-18-15(19)13-7-6-12(20-2)10-14(13)17/h6-7,10H,3-5,8-9,11H2,1-2H3,(H,18,19). The lowest BCUT2D eigenvalue weighted by atomic mass is 9.76. The van der Waals surface area contributed by atoms with Crippen molar-refractivity contribution >= 4 is 5.91 Å². The summed E-state index contributed by atoms with van der Waals surface area (Å²) < 4.78 is 18.7. The van der Waals surface area contributed by atoms with Gasteiger partial charge in [-0.05, 0) is 30.4 Å². The highest BCUT2D eigenvalue weighted by Gasteiger charge is 2.27. The van der Waals surface area contributed by atoms with Gasteiger partial charge in [0.2, 0.25) is 0 Å². The Morgan fingerprint density at radius 2 is 2.05 bits per heavy atom. The summed E-state index contributed by atoms with van der Waals surface area (Å²) in [7, 11) is 1.47. The number of benzene rings is 1. The maximum absolute atomic E-state index is 13.8. The molecule has 0 aromatic heterocycles. The Balaban J connectivity index is 1.98. The van der Waals surface area contributed by atoms with Gasteiger partial charge in [-0.2, -0.15) is 0 Å². The van der Waals surface area contributed by atoms with Crippen LogP contribution in [0.5, 0.6) is 5.75 Å². The molecule has 1 amide bonds. The molecule has 2 rings (SSSR count). The number of halogens is 1. The minimum atomic E-state index is -0.546. The third-order valence-corrected chi connectivity index (χ3v) is 4.16. The topological polar surface area (TPSA) is 38.3 Å². The first-order valence-corrected chi connectivity index (χ1v) is 7.16. The SMILES string of the molecule is COc1ccc(C(=O)NCC2(C)CCCCC2)c(F)c1. The van der Waals surface area contributed by atoms with E-state index in [4.69, 9.17) is 4.74 Å². The molecule has 0 saturated heterocycles. The van der Waals surface area contributed by atoms with E-state index in [-0.39, 0.29) is 16.9 Å². The molecule has 1 N–H and O–H groups in total. The molecule has 20 heavy (non-hydrogen) atoms. The fourth-order valence-electron chi connectivity index (χ4n) is 2.78. The van der Waals surface area contributed by atoms with Crippen LogP contribution in [0.2, 0.25) is 0 Å². The molecule has 0 radical (unpaired) electrons. The predicted molar refractivity (Wildman–Crippen MR) is 76.5 cm³/mol. The molecule has 0 bridgehead atoms. The highest BCUT2D eigenvalue weighted by molar-refractivity contribution is 5.94. The molecule has 3 nitrogen and oxygen atoms in total. The maximum Gasteiger partial charge on any atom is 0.254 e. The van der Waals surface area contributed by atoms with Crippen molar-refractivity contribution < 1.29 is 13.9 Å². The van der Waals surface area contributed by atoms with Crippen LogP contribution in [-0.4, -0.2) is 19.6 Å².